The molecule has 0 saturated carbocycles. The first-order valence-electron chi connectivity index (χ1n) is 5.93. The van der Waals surface area contributed by atoms with E-state index < -0.39 is 0 Å². The lowest BCUT2D eigenvalue weighted by atomic mass is 9.71. The minimum absolute atomic E-state index is 0.187. The molecule has 1 aliphatic rings. The number of hydrogen-bond donors (Lipinski definition) is 1. The highest BCUT2D eigenvalue weighted by Crippen LogP contribution is 2.41. The Kier molecular flexibility index (Phi) is 4.15. The van der Waals surface area contributed by atoms with Gasteiger partial charge in [0, 0.05) is 0 Å². The average molecular weight is 208 g/mol. The SMILES string of the molecule is CC1=C(C/C=C(\C)CO)C(C)(C)CCC1. The van der Waals surface area contributed by atoms with Crippen molar-refractivity contribution in [1.29, 1.82) is 0 Å². The van der Waals surface area contributed by atoms with Crippen LogP contribution >= 0.6 is 0 Å². The molecule has 0 aromatic carbocycles. The van der Waals surface area contributed by atoms with Gasteiger partial charge in [0.1, 0.15) is 0 Å². The fourth-order valence-corrected chi connectivity index (χ4v) is 2.47. The minimum Gasteiger partial charge on any atom is -0.392 e. The van der Waals surface area contributed by atoms with E-state index in [1.807, 2.05) is 6.92 Å². The molecule has 0 aromatic heterocycles. The Bertz CT molecular complexity index is 282. The van der Waals surface area contributed by atoms with Crippen molar-refractivity contribution < 1.29 is 5.11 Å². The summed E-state index contributed by atoms with van der Waals surface area (Å²) in [5.41, 5.74) is 4.58. The molecule has 0 atom stereocenters. The van der Waals surface area contributed by atoms with Crippen LogP contribution in [0.1, 0.15) is 53.4 Å². The van der Waals surface area contributed by atoms with Crippen LogP contribution in [0, 0.1) is 5.41 Å². The third-order valence-corrected chi connectivity index (χ3v) is 3.59. The van der Waals surface area contributed by atoms with Crippen molar-refractivity contribution in [2.75, 3.05) is 6.61 Å². The Morgan fingerprint density at radius 2 is 2.13 bits per heavy atom. The summed E-state index contributed by atoms with van der Waals surface area (Å²) in [7, 11) is 0. The van der Waals surface area contributed by atoms with Crippen LogP contribution in [0.3, 0.4) is 0 Å². The molecule has 0 spiro atoms. The summed E-state index contributed by atoms with van der Waals surface area (Å²) in [6.07, 6.45) is 7.07. The first kappa shape index (κ1) is 12.5. The molecule has 0 bridgehead atoms. The summed E-state index contributed by atoms with van der Waals surface area (Å²) in [6.45, 7) is 9.12. The molecule has 1 aliphatic carbocycles. The van der Waals surface area contributed by atoms with E-state index in [1.165, 1.54) is 19.3 Å². The van der Waals surface area contributed by atoms with Crippen LogP contribution in [0.2, 0.25) is 0 Å². The Morgan fingerprint density at radius 3 is 2.67 bits per heavy atom. The summed E-state index contributed by atoms with van der Waals surface area (Å²) < 4.78 is 0. The summed E-state index contributed by atoms with van der Waals surface area (Å²) in [5, 5.41) is 8.98. The molecule has 86 valence electrons. The van der Waals surface area contributed by atoms with Crippen molar-refractivity contribution in [3.05, 3.63) is 22.8 Å². The molecule has 0 fully saturated rings. The van der Waals surface area contributed by atoms with Gasteiger partial charge in [-0.25, -0.2) is 0 Å². The molecule has 0 unspecified atom stereocenters. The van der Waals surface area contributed by atoms with Crippen LogP contribution in [-0.2, 0) is 0 Å². The van der Waals surface area contributed by atoms with Crippen molar-refractivity contribution in [1.82, 2.24) is 0 Å². The Labute approximate surface area is 93.9 Å². The Balaban J connectivity index is 2.81. The lowest BCUT2D eigenvalue weighted by Crippen LogP contribution is -2.20. The van der Waals surface area contributed by atoms with Gasteiger partial charge in [-0.05, 0) is 44.9 Å². The van der Waals surface area contributed by atoms with E-state index in [1.54, 1.807) is 11.1 Å². The summed E-state index contributed by atoms with van der Waals surface area (Å²) in [5.74, 6) is 0. The number of rotatable bonds is 3. The van der Waals surface area contributed by atoms with Gasteiger partial charge in [-0.15, -0.1) is 0 Å². The fraction of sp³-hybridized carbons (Fsp3) is 0.714. The normalized spacial score (nSPS) is 22.1. The lowest BCUT2D eigenvalue weighted by Gasteiger charge is -2.34. The van der Waals surface area contributed by atoms with Gasteiger partial charge < -0.3 is 5.11 Å². The second-order valence-corrected chi connectivity index (χ2v) is 5.41. The maximum Gasteiger partial charge on any atom is 0.0639 e. The number of hydrogen-bond acceptors (Lipinski definition) is 1. The van der Waals surface area contributed by atoms with Crippen LogP contribution in [0.4, 0.5) is 0 Å². The maximum absolute atomic E-state index is 8.98. The van der Waals surface area contributed by atoms with Crippen LogP contribution in [0.5, 0.6) is 0 Å². The fourth-order valence-electron chi connectivity index (χ4n) is 2.47. The predicted octanol–water partition coefficient (Wildman–Crippen LogP) is 3.84. The maximum atomic E-state index is 8.98. The van der Waals surface area contributed by atoms with Crippen molar-refractivity contribution in [3.63, 3.8) is 0 Å². The average Bonchev–Trinajstić information content (AvgIpc) is 2.15. The molecule has 15 heavy (non-hydrogen) atoms. The molecule has 0 saturated heterocycles. The van der Waals surface area contributed by atoms with Crippen LogP contribution < -0.4 is 0 Å². The third-order valence-electron chi connectivity index (χ3n) is 3.59. The molecule has 0 aromatic rings. The second kappa shape index (κ2) is 4.98. The van der Waals surface area contributed by atoms with Gasteiger partial charge in [0.2, 0.25) is 0 Å². The highest BCUT2D eigenvalue weighted by atomic mass is 16.3. The number of aliphatic hydroxyl groups excluding tert-OH is 1. The number of aliphatic hydroxyl groups is 1. The van der Waals surface area contributed by atoms with Gasteiger partial charge in [-0.2, -0.15) is 0 Å². The highest BCUT2D eigenvalue weighted by molar-refractivity contribution is 5.25. The lowest BCUT2D eigenvalue weighted by molar-refractivity contribution is 0.330. The molecule has 1 N–H and O–H groups in total. The Morgan fingerprint density at radius 1 is 1.47 bits per heavy atom. The van der Waals surface area contributed by atoms with Gasteiger partial charge >= 0.3 is 0 Å². The van der Waals surface area contributed by atoms with E-state index in [0.29, 0.717) is 5.41 Å². The zero-order valence-electron chi connectivity index (χ0n) is 10.6. The largest absolute Gasteiger partial charge is 0.392 e. The van der Waals surface area contributed by atoms with E-state index in [-0.39, 0.29) is 6.61 Å². The summed E-state index contributed by atoms with van der Waals surface area (Å²) in [4.78, 5) is 0. The van der Waals surface area contributed by atoms with Gasteiger partial charge in [0.15, 0.2) is 0 Å². The molecule has 0 radical (unpaired) electrons. The molecular weight excluding hydrogens is 184 g/mol. The van der Waals surface area contributed by atoms with Crippen LogP contribution in [0.15, 0.2) is 22.8 Å². The van der Waals surface area contributed by atoms with Crippen molar-refractivity contribution >= 4 is 0 Å². The highest BCUT2D eigenvalue weighted by Gasteiger charge is 2.27. The molecule has 0 amide bonds. The smallest absolute Gasteiger partial charge is 0.0639 e. The van der Waals surface area contributed by atoms with Gasteiger partial charge in [-0.3, -0.25) is 0 Å². The summed E-state index contributed by atoms with van der Waals surface area (Å²) in [6, 6.07) is 0. The molecule has 0 aliphatic heterocycles. The molecular formula is C14H24O. The zero-order chi connectivity index (χ0) is 11.5. The first-order valence-corrected chi connectivity index (χ1v) is 5.93. The first-order chi connectivity index (χ1) is 6.97. The molecule has 0 heterocycles. The van der Waals surface area contributed by atoms with Crippen molar-refractivity contribution in [3.8, 4) is 0 Å². The zero-order valence-corrected chi connectivity index (χ0v) is 10.6. The minimum atomic E-state index is 0.187. The van der Waals surface area contributed by atoms with Crippen LogP contribution in [-0.4, -0.2) is 11.7 Å². The van der Waals surface area contributed by atoms with Crippen molar-refractivity contribution in [2.24, 2.45) is 5.41 Å². The van der Waals surface area contributed by atoms with E-state index in [4.69, 9.17) is 5.11 Å². The van der Waals surface area contributed by atoms with Gasteiger partial charge in [0.25, 0.3) is 0 Å². The van der Waals surface area contributed by atoms with Crippen LogP contribution in [0.25, 0.3) is 0 Å². The van der Waals surface area contributed by atoms with Crippen molar-refractivity contribution in [2.45, 2.75) is 53.4 Å². The molecule has 1 rings (SSSR count). The van der Waals surface area contributed by atoms with E-state index in [9.17, 15) is 0 Å². The standard InChI is InChI=1S/C14H24O/c1-11(10-15)7-8-13-12(2)6-5-9-14(13,3)4/h7,15H,5-6,8-10H2,1-4H3/b11-7+. The topological polar surface area (TPSA) is 20.2 Å². The third kappa shape index (κ3) is 3.20. The van der Waals surface area contributed by atoms with E-state index >= 15 is 0 Å². The Hall–Kier alpha value is -0.560. The summed E-state index contributed by atoms with van der Waals surface area (Å²) >= 11 is 0. The van der Waals surface area contributed by atoms with Gasteiger partial charge in [0.05, 0.1) is 6.61 Å². The predicted molar refractivity (Wildman–Crippen MR) is 65.8 cm³/mol. The quantitative estimate of drug-likeness (QED) is 0.699. The molecule has 1 heteroatoms. The number of allylic oxidation sites excluding steroid dienone is 3. The monoisotopic (exact) mass is 208 g/mol. The van der Waals surface area contributed by atoms with Gasteiger partial charge in [-0.1, -0.05) is 36.6 Å². The second-order valence-electron chi connectivity index (χ2n) is 5.41. The van der Waals surface area contributed by atoms with E-state index in [2.05, 4.69) is 26.8 Å². The van der Waals surface area contributed by atoms with E-state index in [0.717, 1.165) is 12.0 Å². The molecule has 1 nitrogen and oxygen atoms in total.